The molecule has 2 saturated heterocycles. The minimum absolute atomic E-state index is 0.190. The number of rotatable bonds is 7. The fourth-order valence-electron chi connectivity index (χ4n) is 4.27. The second-order valence-corrected chi connectivity index (χ2v) is 8.04. The summed E-state index contributed by atoms with van der Waals surface area (Å²) in [5.41, 5.74) is 2.16. The fourth-order valence-corrected chi connectivity index (χ4v) is 4.27. The zero-order valence-corrected chi connectivity index (χ0v) is 18.3. The first-order valence-corrected chi connectivity index (χ1v) is 11.1. The van der Waals surface area contributed by atoms with Crippen molar-refractivity contribution in [1.29, 1.82) is 0 Å². The van der Waals surface area contributed by atoms with Gasteiger partial charge in [0.15, 0.2) is 0 Å². The molecule has 0 spiro atoms. The fraction of sp³-hybridized carbons (Fsp3) is 0.417. The summed E-state index contributed by atoms with van der Waals surface area (Å²) in [6.07, 6.45) is 4.78. The number of benzene rings is 1. The Labute approximate surface area is 187 Å². The lowest BCUT2D eigenvalue weighted by molar-refractivity contribution is -0.123. The molecule has 2 fully saturated rings. The van der Waals surface area contributed by atoms with Crippen LogP contribution in [-0.4, -0.2) is 77.9 Å². The number of hydrogen-bond acceptors (Lipinski definition) is 7. The molecule has 32 heavy (non-hydrogen) atoms. The third-order valence-electron chi connectivity index (χ3n) is 6.07. The maximum Gasteiger partial charge on any atom is 0.338 e. The molecule has 4 rings (SSSR count). The van der Waals surface area contributed by atoms with Gasteiger partial charge >= 0.3 is 5.97 Å². The van der Waals surface area contributed by atoms with E-state index < -0.39 is 12.0 Å². The summed E-state index contributed by atoms with van der Waals surface area (Å²) in [6, 6.07) is 10.1. The van der Waals surface area contributed by atoms with Crippen LogP contribution in [0, 0.1) is 0 Å². The molecule has 0 aliphatic carbocycles. The molecule has 1 aromatic heterocycles. The maximum absolute atomic E-state index is 13.1. The molecule has 0 radical (unpaired) electrons. The zero-order chi connectivity index (χ0) is 22.5. The Hall–Kier alpha value is -3.10. The van der Waals surface area contributed by atoms with Gasteiger partial charge in [0.1, 0.15) is 0 Å². The van der Waals surface area contributed by atoms with Gasteiger partial charge in [0.2, 0.25) is 5.91 Å². The highest BCUT2D eigenvalue weighted by Gasteiger charge is 2.43. The molecule has 0 bridgehead atoms. The average Bonchev–Trinajstić information content (AvgIpc) is 3.12. The summed E-state index contributed by atoms with van der Waals surface area (Å²) in [6.45, 7) is 6.27. The summed E-state index contributed by atoms with van der Waals surface area (Å²) in [5.74, 6) is -0.814. The van der Waals surface area contributed by atoms with Gasteiger partial charge in [0.25, 0.3) is 5.91 Å². The van der Waals surface area contributed by atoms with Gasteiger partial charge in [-0.15, -0.1) is 0 Å². The summed E-state index contributed by atoms with van der Waals surface area (Å²) in [5, 5.41) is 0. The van der Waals surface area contributed by atoms with Crippen LogP contribution in [0.5, 0.6) is 0 Å². The van der Waals surface area contributed by atoms with Gasteiger partial charge in [-0.1, -0.05) is 0 Å². The van der Waals surface area contributed by atoms with Crippen molar-refractivity contribution in [2.45, 2.75) is 25.8 Å². The summed E-state index contributed by atoms with van der Waals surface area (Å²) >= 11 is 0. The molecule has 2 aliphatic heterocycles. The van der Waals surface area contributed by atoms with E-state index in [1.807, 2.05) is 24.5 Å². The van der Waals surface area contributed by atoms with Gasteiger partial charge in [-0.2, -0.15) is 0 Å². The van der Waals surface area contributed by atoms with Crippen molar-refractivity contribution in [2.24, 2.45) is 0 Å². The van der Waals surface area contributed by atoms with Gasteiger partial charge < -0.3 is 9.64 Å². The van der Waals surface area contributed by atoms with Crippen LogP contribution in [0.3, 0.4) is 0 Å². The number of carbonyl (C=O) groups is 3. The highest BCUT2D eigenvalue weighted by Crippen LogP contribution is 2.27. The summed E-state index contributed by atoms with van der Waals surface area (Å²) in [4.78, 5) is 47.4. The first-order valence-electron chi connectivity index (χ1n) is 11.1. The van der Waals surface area contributed by atoms with Crippen molar-refractivity contribution in [3.05, 3.63) is 59.9 Å². The van der Waals surface area contributed by atoms with Crippen molar-refractivity contribution < 1.29 is 19.1 Å². The molecule has 8 nitrogen and oxygen atoms in total. The van der Waals surface area contributed by atoms with E-state index in [1.165, 1.54) is 10.5 Å². The minimum atomic E-state index is -0.422. The maximum atomic E-state index is 13.1. The lowest BCUT2D eigenvalue weighted by Gasteiger charge is -2.37. The van der Waals surface area contributed by atoms with E-state index in [1.54, 1.807) is 31.2 Å². The number of pyridine rings is 1. The van der Waals surface area contributed by atoms with Crippen LogP contribution in [-0.2, 0) is 20.7 Å². The lowest BCUT2D eigenvalue weighted by atomic mass is 10.1. The summed E-state index contributed by atoms with van der Waals surface area (Å²) in [7, 11) is 0. The predicted octanol–water partition coefficient (Wildman–Crippen LogP) is 1.75. The van der Waals surface area contributed by atoms with Crippen molar-refractivity contribution in [3.63, 3.8) is 0 Å². The van der Waals surface area contributed by atoms with Crippen LogP contribution in [0.15, 0.2) is 48.8 Å². The van der Waals surface area contributed by atoms with Crippen molar-refractivity contribution in [1.82, 2.24) is 14.8 Å². The number of anilines is 1. The average molecular weight is 437 g/mol. The van der Waals surface area contributed by atoms with Crippen molar-refractivity contribution in [3.8, 4) is 0 Å². The van der Waals surface area contributed by atoms with Gasteiger partial charge in [-0.3, -0.25) is 19.5 Å². The van der Waals surface area contributed by atoms with E-state index in [4.69, 9.17) is 4.74 Å². The second-order valence-electron chi connectivity index (χ2n) is 8.04. The molecular weight excluding hydrogens is 408 g/mol. The normalized spacial score (nSPS) is 20.0. The molecular formula is C24H28N4O4. The lowest BCUT2D eigenvalue weighted by Crippen LogP contribution is -2.52. The van der Waals surface area contributed by atoms with Gasteiger partial charge in [0, 0.05) is 45.1 Å². The standard InChI is InChI=1S/C24H28N4O4/c1-2-32-24(31)19-3-5-20(6-4-19)28-22(29)17-21(23(28)30)27-15-13-26(14-16-27)12-9-18-7-10-25-11-8-18/h3-8,10-11,21H,2,9,12-17H2,1H3/t21-/m0/s1. The molecule has 0 N–H and O–H groups in total. The van der Waals surface area contributed by atoms with Crippen LogP contribution in [0.4, 0.5) is 5.69 Å². The second kappa shape index (κ2) is 10.0. The Kier molecular flexibility index (Phi) is 6.92. The van der Waals surface area contributed by atoms with Crippen LogP contribution in [0.25, 0.3) is 0 Å². The molecule has 0 unspecified atom stereocenters. The minimum Gasteiger partial charge on any atom is -0.462 e. The quantitative estimate of drug-likeness (QED) is 0.483. The van der Waals surface area contributed by atoms with Crippen LogP contribution in [0.2, 0.25) is 0 Å². The van der Waals surface area contributed by atoms with E-state index >= 15 is 0 Å². The number of carbonyl (C=O) groups excluding carboxylic acids is 3. The first kappa shape index (κ1) is 22.1. The van der Waals surface area contributed by atoms with Crippen LogP contribution >= 0.6 is 0 Å². The van der Waals surface area contributed by atoms with Crippen LogP contribution < -0.4 is 4.90 Å². The SMILES string of the molecule is CCOC(=O)c1ccc(N2C(=O)C[C@H](N3CCN(CCc4ccncc4)CC3)C2=O)cc1. The first-order chi connectivity index (χ1) is 15.6. The molecule has 8 heteroatoms. The zero-order valence-electron chi connectivity index (χ0n) is 18.3. The number of aromatic nitrogens is 1. The Morgan fingerprint density at radius 2 is 1.72 bits per heavy atom. The number of imide groups is 1. The largest absolute Gasteiger partial charge is 0.462 e. The Bertz CT molecular complexity index is 956. The highest BCUT2D eigenvalue weighted by molar-refractivity contribution is 6.22. The van der Waals surface area contributed by atoms with E-state index in [-0.39, 0.29) is 18.2 Å². The smallest absolute Gasteiger partial charge is 0.338 e. The molecule has 2 aromatic rings. The number of piperazine rings is 1. The van der Waals surface area contributed by atoms with Gasteiger partial charge in [-0.25, -0.2) is 9.69 Å². The highest BCUT2D eigenvalue weighted by atomic mass is 16.5. The monoisotopic (exact) mass is 436 g/mol. The predicted molar refractivity (Wildman–Crippen MR) is 119 cm³/mol. The third-order valence-corrected chi connectivity index (χ3v) is 6.07. The van der Waals surface area contributed by atoms with Crippen LogP contribution in [0.1, 0.15) is 29.3 Å². The molecule has 0 saturated carbocycles. The van der Waals surface area contributed by atoms with E-state index in [0.29, 0.717) is 17.9 Å². The number of ether oxygens (including phenoxy) is 1. The molecule has 1 aromatic carbocycles. The van der Waals surface area contributed by atoms with Crippen molar-refractivity contribution in [2.75, 3.05) is 44.2 Å². The Morgan fingerprint density at radius 1 is 1.03 bits per heavy atom. The number of amides is 2. The molecule has 3 heterocycles. The van der Waals surface area contributed by atoms with Crippen molar-refractivity contribution >= 4 is 23.5 Å². The van der Waals surface area contributed by atoms with E-state index in [0.717, 1.165) is 39.1 Å². The molecule has 1 atom stereocenters. The Morgan fingerprint density at radius 3 is 2.38 bits per heavy atom. The summed E-state index contributed by atoms with van der Waals surface area (Å²) < 4.78 is 4.98. The van der Waals surface area contributed by atoms with E-state index in [9.17, 15) is 14.4 Å². The van der Waals surface area contributed by atoms with Gasteiger partial charge in [0.05, 0.1) is 30.3 Å². The topological polar surface area (TPSA) is 83.1 Å². The van der Waals surface area contributed by atoms with E-state index in [2.05, 4.69) is 14.8 Å². The van der Waals surface area contributed by atoms with Gasteiger partial charge in [-0.05, 0) is 55.3 Å². The number of nitrogens with zero attached hydrogens (tertiary/aromatic N) is 4. The molecule has 2 amide bonds. The molecule has 168 valence electrons. The Balaban J connectivity index is 1.33. The molecule has 2 aliphatic rings. The third kappa shape index (κ3) is 4.87. The number of hydrogen-bond donors (Lipinski definition) is 0. The number of esters is 1.